The highest BCUT2D eigenvalue weighted by Gasteiger charge is 2.81. The van der Waals surface area contributed by atoms with E-state index in [1.165, 1.54) is 0 Å². The number of rotatable bonds is 1. The molecule has 9 atom stereocenters. The van der Waals surface area contributed by atoms with Crippen molar-refractivity contribution in [1.29, 1.82) is 0 Å². The van der Waals surface area contributed by atoms with E-state index in [0.717, 1.165) is 0 Å². The van der Waals surface area contributed by atoms with E-state index in [1.807, 2.05) is 0 Å². The van der Waals surface area contributed by atoms with Gasteiger partial charge in [-0.25, -0.2) is 0 Å². The molecule has 1 saturated carbocycles. The molecule has 3 saturated heterocycles. The van der Waals surface area contributed by atoms with Crippen LogP contribution in [0.2, 0.25) is 0 Å². The van der Waals surface area contributed by atoms with Crippen LogP contribution in [0.1, 0.15) is 10.4 Å². The molecular formula is C12H23N3O8. The molecule has 4 bridgehead atoms. The zero-order valence-electron chi connectivity index (χ0n) is 13.2. The van der Waals surface area contributed by atoms with Crippen LogP contribution in [0, 0.1) is 5.92 Å². The van der Waals surface area contributed by atoms with Gasteiger partial charge in [0.1, 0.15) is 36.0 Å². The molecule has 1 aliphatic carbocycles. The molecule has 0 amide bonds. The summed E-state index contributed by atoms with van der Waals surface area (Å²) in [6.07, 6.45) is -7.87. The van der Waals surface area contributed by atoms with Crippen LogP contribution in [0.15, 0.2) is 0 Å². The van der Waals surface area contributed by atoms with Gasteiger partial charge in [0, 0.05) is 2.97 Å². The molecule has 0 aromatic rings. The third-order valence-electron chi connectivity index (χ3n) is 5.26. The number of hydrogen-bond acceptors (Lipinski definition) is 10. The van der Waals surface area contributed by atoms with Crippen molar-refractivity contribution in [1.82, 2.24) is 5.32 Å². The molecule has 0 radical (unpaired) electrons. The lowest BCUT2D eigenvalue weighted by Gasteiger charge is -2.73. The van der Waals surface area contributed by atoms with E-state index in [2.05, 4.69) is 10.3 Å². The minimum Gasteiger partial charge on any atom is -0.805 e. The molecule has 4 fully saturated rings. The van der Waals surface area contributed by atoms with Crippen LogP contribution in [-0.2, 0) is 9.47 Å². The van der Waals surface area contributed by atoms with E-state index in [9.17, 15) is 30.6 Å². The second-order valence-electron chi connectivity index (χ2n) is 6.26. The minimum atomic E-state index is -2.75. The Kier molecular flexibility index (Phi) is 3.04. The number of nitrogens with two attached hydrogens (primary N) is 1. The van der Waals surface area contributed by atoms with Crippen molar-refractivity contribution >= 4 is 5.96 Å². The van der Waals surface area contributed by atoms with Crippen LogP contribution in [0.3, 0.4) is 0 Å². The molecule has 5 aliphatic rings. The smallest absolute Gasteiger partial charge is 0.343 e. The normalized spacial score (nSPS) is 60.0. The Morgan fingerprint density at radius 3 is 2.57 bits per heavy atom. The van der Waals surface area contributed by atoms with Crippen LogP contribution in [0.4, 0.5) is 0 Å². The average molecular weight is 341 g/mol. The Bertz CT molecular complexity index is 572. The van der Waals surface area contributed by atoms with Crippen molar-refractivity contribution in [2.75, 3.05) is 6.61 Å². The Hall–Kier alpha value is -1.05. The van der Waals surface area contributed by atoms with Gasteiger partial charge < -0.3 is 40.1 Å². The molecule has 9 N–H and O–H groups in total. The van der Waals surface area contributed by atoms with Gasteiger partial charge in [-0.15, -0.1) is 0 Å². The standard InChI is InChI=1S/C11H16N3O8.CH4.H2/c12-8-13-6(17)2-4-9(19,1-15)5-3(16)10(2,14-8)7(18)11(20,21-4)22-5;;/h2-7,15-19H,1H2,(H3,12,13,14);1H4;1H/q-1;;/p+1/t2?,3-,4?,5?,6+,7-,9?,10?,11?;;/m0../s1/i;;1+2T. The average Bonchev–Trinajstić information content (AvgIpc) is 2.54. The highest BCUT2D eigenvalue weighted by Crippen LogP contribution is 2.56. The molecule has 11 nitrogen and oxygen atoms in total. The topological polar surface area (TPSA) is 195 Å². The molecule has 4 heterocycles. The van der Waals surface area contributed by atoms with E-state index in [1.54, 1.807) is 0 Å². The van der Waals surface area contributed by atoms with Crippen LogP contribution in [0.5, 0.6) is 0 Å². The molecule has 11 heteroatoms. The molecule has 23 heavy (non-hydrogen) atoms. The van der Waals surface area contributed by atoms with Gasteiger partial charge in [0.15, 0.2) is 11.8 Å². The monoisotopic (exact) mass is 341 g/mol. The summed E-state index contributed by atoms with van der Waals surface area (Å²) in [5.41, 5.74) is 1.72. The van der Waals surface area contributed by atoms with Gasteiger partial charge >= 0.3 is 5.96 Å². The number of ether oxygens (including phenoxy) is 2. The first kappa shape index (κ1) is 15.5. The summed E-state index contributed by atoms with van der Waals surface area (Å²) in [6, 6.07) is 0. The third kappa shape index (κ3) is 1.58. The summed E-state index contributed by atoms with van der Waals surface area (Å²) in [5.74, 6) is -4.07. The van der Waals surface area contributed by atoms with E-state index in [-0.39, 0.29) is 13.4 Å². The largest absolute Gasteiger partial charge is 0.805 e. The maximum atomic E-state index is 12.5. The summed E-state index contributed by atoms with van der Waals surface area (Å²) < 4.78 is 20.1. The molecular weight excluding hydrogens is 314 g/mol. The van der Waals surface area contributed by atoms with Gasteiger partial charge in [-0.05, 0) is 0 Å². The van der Waals surface area contributed by atoms with Crippen molar-refractivity contribution in [3.63, 3.8) is 0 Å². The maximum absolute atomic E-state index is 12.5. The zero-order valence-corrected chi connectivity index (χ0v) is 11.2. The number of aliphatic hydroxyl groups is 5. The number of hydrogen-bond donors (Lipinski definition) is 8. The Morgan fingerprint density at radius 2 is 1.96 bits per heavy atom. The predicted molar refractivity (Wildman–Crippen MR) is 70.9 cm³/mol. The first-order valence-corrected chi connectivity index (χ1v) is 6.81. The first-order chi connectivity index (χ1) is 11.2. The molecule has 0 aromatic heterocycles. The molecule has 5 rings (SSSR count). The molecule has 6 unspecified atom stereocenters. The second kappa shape index (κ2) is 4.52. The van der Waals surface area contributed by atoms with Crippen molar-refractivity contribution in [2.24, 2.45) is 11.7 Å². The SMILES string of the molecule is C.NC1=[NH+][C@H](O)C2C3OC4([O-])OC([C@H](O)C2(N1)[C@@H]4O)C3(O)CO.[3H][3H]. The second-order valence-corrected chi connectivity index (χ2v) is 6.26. The zero-order chi connectivity index (χ0) is 18.1. The van der Waals surface area contributed by atoms with Crippen molar-refractivity contribution in [3.05, 3.63) is 0 Å². The van der Waals surface area contributed by atoms with Gasteiger partial charge in [-0.1, -0.05) is 7.43 Å². The number of nitrogens with one attached hydrogen (secondary N) is 2. The molecule has 1 spiro atoms. The van der Waals surface area contributed by atoms with E-state index in [0.29, 0.717) is 0 Å². The fourth-order valence-corrected chi connectivity index (χ4v) is 4.28. The Morgan fingerprint density at radius 1 is 1.35 bits per heavy atom. The Balaban J connectivity index is 0.000000726. The quantitative estimate of drug-likeness (QED) is 0.227. The van der Waals surface area contributed by atoms with Crippen LogP contribution < -0.4 is 21.1 Å². The van der Waals surface area contributed by atoms with E-state index >= 15 is 0 Å². The minimum absolute atomic E-state index is 0. The number of aliphatic hydroxyl groups excluding tert-OH is 4. The summed E-state index contributed by atoms with van der Waals surface area (Å²) >= 11 is 0. The highest BCUT2D eigenvalue weighted by molar-refractivity contribution is 5.74. The van der Waals surface area contributed by atoms with Crippen molar-refractivity contribution < 1.29 is 48.1 Å². The van der Waals surface area contributed by atoms with Gasteiger partial charge in [-0.2, -0.15) is 0 Å². The molecule has 134 valence electrons. The lowest BCUT2D eigenvalue weighted by molar-refractivity contribution is -0.719. The fraction of sp³-hybridized carbons (Fsp3) is 0.917. The molecule has 4 aliphatic heterocycles. The summed E-state index contributed by atoms with van der Waals surface area (Å²) in [4.78, 5) is 2.45. The summed E-state index contributed by atoms with van der Waals surface area (Å²) in [6.45, 7) is -0.871. The van der Waals surface area contributed by atoms with Crippen LogP contribution in [-0.4, -0.2) is 85.9 Å². The molecule has 0 aromatic carbocycles. The highest BCUT2D eigenvalue weighted by atomic mass is 16.9. The van der Waals surface area contributed by atoms with Crippen LogP contribution >= 0.6 is 0 Å². The lowest BCUT2D eigenvalue weighted by Crippen LogP contribution is -3.04. The Labute approximate surface area is 134 Å². The summed E-state index contributed by atoms with van der Waals surface area (Å²) in [7, 11) is 0. The predicted octanol–water partition coefficient (Wildman–Crippen LogP) is -7.19. The van der Waals surface area contributed by atoms with Crippen LogP contribution in [0.25, 0.3) is 0 Å². The lowest BCUT2D eigenvalue weighted by atomic mass is 9.55. The summed E-state index contributed by atoms with van der Waals surface area (Å²) in [5, 5.41) is 66.5. The maximum Gasteiger partial charge on any atom is 0.343 e. The van der Waals surface area contributed by atoms with Gasteiger partial charge in [0.05, 0.1) is 12.5 Å². The van der Waals surface area contributed by atoms with E-state index in [4.69, 9.17) is 18.2 Å². The van der Waals surface area contributed by atoms with Crippen molar-refractivity contribution in [2.45, 2.75) is 55.2 Å². The third-order valence-corrected chi connectivity index (χ3v) is 5.26. The fourth-order valence-electron chi connectivity index (χ4n) is 4.28. The van der Waals surface area contributed by atoms with Gasteiger partial charge in [0.25, 0.3) is 0 Å². The van der Waals surface area contributed by atoms with E-state index < -0.39 is 60.3 Å². The van der Waals surface area contributed by atoms with Gasteiger partial charge in [0.2, 0.25) is 0 Å². The van der Waals surface area contributed by atoms with Crippen molar-refractivity contribution in [3.8, 4) is 0 Å². The van der Waals surface area contributed by atoms with Gasteiger partial charge in [-0.3, -0.25) is 16.0 Å². The number of guanidine groups is 1. The first-order valence-electron chi connectivity index (χ1n) is 7.81.